The van der Waals surface area contributed by atoms with Crippen LogP contribution in [-0.4, -0.2) is 76.5 Å². The number of thiocarbonyl (C=S) groups is 1. The van der Waals surface area contributed by atoms with Gasteiger partial charge in [-0.15, -0.1) is 0 Å². The van der Waals surface area contributed by atoms with Gasteiger partial charge in [0, 0.05) is 25.4 Å². The van der Waals surface area contributed by atoms with Crippen LogP contribution in [0.4, 0.5) is 5.82 Å². The third-order valence-corrected chi connectivity index (χ3v) is 4.43. The fourth-order valence-corrected chi connectivity index (χ4v) is 2.92. The first-order chi connectivity index (χ1) is 15.2. The molecular formula is C20H27N7O3S. The Kier molecular flexibility index (Phi) is 9.03. The molecule has 0 atom stereocenters. The molecule has 2 N–H and O–H groups in total. The van der Waals surface area contributed by atoms with Crippen molar-refractivity contribution in [2.45, 2.75) is 13.5 Å². The lowest BCUT2D eigenvalue weighted by Crippen LogP contribution is -2.28. The molecule has 0 saturated heterocycles. The van der Waals surface area contributed by atoms with E-state index in [1.54, 1.807) is 19.5 Å². The van der Waals surface area contributed by atoms with Gasteiger partial charge in [-0.05, 0) is 31.3 Å². The predicted molar refractivity (Wildman–Crippen MR) is 122 cm³/mol. The number of anilines is 1. The number of nitrogens with zero attached hydrogens (tertiary/aromatic N) is 5. The summed E-state index contributed by atoms with van der Waals surface area (Å²) in [7, 11) is 1.65. The first-order valence-electron chi connectivity index (χ1n) is 10.1. The van der Waals surface area contributed by atoms with Gasteiger partial charge in [0.25, 0.3) is 0 Å². The highest BCUT2D eigenvalue weighted by Gasteiger charge is 2.08. The zero-order valence-corrected chi connectivity index (χ0v) is 18.5. The minimum atomic E-state index is 0.517. The SMILES string of the molecule is CCNC(=S)Nc1ccc2ncc(-c3cnn(CCOCCOCCOC)c3)nc2n1. The summed E-state index contributed by atoms with van der Waals surface area (Å²) in [5, 5.41) is 11.0. The monoisotopic (exact) mass is 445 g/mol. The minimum Gasteiger partial charge on any atom is -0.382 e. The van der Waals surface area contributed by atoms with Crippen molar-refractivity contribution in [1.82, 2.24) is 30.0 Å². The molecule has 3 aromatic heterocycles. The van der Waals surface area contributed by atoms with E-state index in [9.17, 15) is 0 Å². The van der Waals surface area contributed by atoms with Crippen LogP contribution < -0.4 is 10.6 Å². The van der Waals surface area contributed by atoms with Gasteiger partial charge in [-0.1, -0.05) is 0 Å². The largest absolute Gasteiger partial charge is 0.382 e. The van der Waals surface area contributed by atoms with Crippen molar-refractivity contribution < 1.29 is 14.2 Å². The first kappa shape index (κ1) is 22.9. The summed E-state index contributed by atoms with van der Waals surface area (Å²) < 4.78 is 17.7. The molecule has 0 unspecified atom stereocenters. The summed E-state index contributed by atoms with van der Waals surface area (Å²) in [6.07, 6.45) is 5.39. The lowest BCUT2D eigenvalue weighted by atomic mass is 10.2. The van der Waals surface area contributed by atoms with Gasteiger partial charge in [-0.3, -0.25) is 9.67 Å². The standard InChI is InChI=1S/C20H27N7O3S/c1-3-21-20(31)26-18-5-4-16-19(25-18)24-17(13-22-16)15-12-23-27(14-15)6-7-29-10-11-30-9-8-28-2/h4-5,12-14H,3,6-11H2,1-2H3,(H2,21,24,25,26,31). The molecular weight excluding hydrogens is 418 g/mol. The topological polar surface area (TPSA) is 108 Å². The highest BCUT2D eigenvalue weighted by molar-refractivity contribution is 7.80. The Morgan fingerprint density at radius 1 is 1.06 bits per heavy atom. The lowest BCUT2D eigenvalue weighted by Gasteiger charge is -2.08. The van der Waals surface area contributed by atoms with Crippen molar-refractivity contribution in [2.24, 2.45) is 0 Å². The smallest absolute Gasteiger partial charge is 0.180 e. The minimum absolute atomic E-state index is 0.517. The molecule has 3 rings (SSSR count). The van der Waals surface area contributed by atoms with Crippen molar-refractivity contribution in [3.63, 3.8) is 0 Å². The molecule has 166 valence electrons. The van der Waals surface area contributed by atoms with Crippen molar-refractivity contribution in [3.05, 3.63) is 30.7 Å². The van der Waals surface area contributed by atoms with E-state index in [0.29, 0.717) is 67.4 Å². The molecule has 0 aliphatic heterocycles. The number of ether oxygens (including phenoxy) is 3. The van der Waals surface area contributed by atoms with Crippen molar-refractivity contribution >= 4 is 34.3 Å². The summed E-state index contributed by atoms with van der Waals surface area (Å²) in [6, 6.07) is 3.68. The average Bonchev–Trinajstić information content (AvgIpc) is 3.24. The van der Waals surface area contributed by atoms with Crippen molar-refractivity contribution in [3.8, 4) is 11.3 Å². The van der Waals surface area contributed by atoms with Crippen LogP contribution >= 0.6 is 12.2 Å². The highest BCUT2D eigenvalue weighted by Crippen LogP contribution is 2.19. The molecule has 0 spiro atoms. The van der Waals surface area contributed by atoms with Crippen LogP contribution in [0.5, 0.6) is 0 Å². The van der Waals surface area contributed by atoms with Crippen LogP contribution in [0, 0.1) is 0 Å². The molecule has 0 aromatic carbocycles. The number of hydrogen-bond donors (Lipinski definition) is 2. The van der Waals surface area contributed by atoms with Gasteiger partial charge in [-0.2, -0.15) is 5.10 Å². The van der Waals surface area contributed by atoms with E-state index in [-0.39, 0.29) is 0 Å². The Morgan fingerprint density at radius 3 is 2.68 bits per heavy atom. The Balaban J connectivity index is 1.55. The third-order valence-electron chi connectivity index (χ3n) is 4.18. The average molecular weight is 446 g/mol. The van der Waals surface area contributed by atoms with Crippen LogP contribution in [-0.2, 0) is 20.8 Å². The summed E-state index contributed by atoms with van der Waals surface area (Å²) in [5.74, 6) is 0.615. The predicted octanol–water partition coefficient (Wildman–Crippen LogP) is 1.87. The fraction of sp³-hybridized carbons (Fsp3) is 0.450. The van der Waals surface area contributed by atoms with Crippen LogP contribution in [0.2, 0.25) is 0 Å². The third kappa shape index (κ3) is 7.17. The zero-order chi connectivity index (χ0) is 21.9. The van der Waals surface area contributed by atoms with Crippen LogP contribution in [0.1, 0.15) is 6.92 Å². The molecule has 0 radical (unpaired) electrons. The quantitative estimate of drug-likeness (QED) is 0.317. The Morgan fingerprint density at radius 2 is 1.87 bits per heavy atom. The molecule has 0 bridgehead atoms. The van der Waals surface area contributed by atoms with E-state index in [1.807, 2.05) is 29.9 Å². The molecule has 3 aromatic rings. The maximum Gasteiger partial charge on any atom is 0.180 e. The summed E-state index contributed by atoms with van der Waals surface area (Å²) in [4.78, 5) is 13.6. The van der Waals surface area contributed by atoms with E-state index in [0.717, 1.165) is 12.1 Å². The summed E-state index contributed by atoms with van der Waals surface area (Å²) in [5.41, 5.74) is 2.80. The van der Waals surface area contributed by atoms with Gasteiger partial charge in [-0.25, -0.2) is 9.97 Å². The highest BCUT2D eigenvalue weighted by atomic mass is 32.1. The second-order valence-corrected chi connectivity index (χ2v) is 6.90. The maximum absolute atomic E-state index is 5.57. The van der Waals surface area contributed by atoms with Gasteiger partial charge in [0.2, 0.25) is 0 Å². The second kappa shape index (κ2) is 12.2. The molecule has 31 heavy (non-hydrogen) atoms. The molecule has 0 saturated carbocycles. The van der Waals surface area contributed by atoms with E-state index < -0.39 is 0 Å². The van der Waals surface area contributed by atoms with Crippen LogP contribution in [0.25, 0.3) is 22.4 Å². The number of hydrogen-bond acceptors (Lipinski definition) is 8. The van der Waals surface area contributed by atoms with Crippen LogP contribution in [0.15, 0.2) is 30.7 Å². The summed E-state index contributed by atoms with van der Waals surface area (Å²) >= 11 is 5.21. The van der Waals surface area contributed by atoms with Gasteiger partial charge in [0.05, 0.1) is 57.7 Å². The normalized spacial score (nSPS) is 11.0. The van der Waals surface area contributed by atoms with E-state index in [2.05, 4.69) is 30.7 Å². The number of methoxy groups -OCH3 is 1. The number of nitrogens with one attached hydrogen (secondary N) is 2. The summed E-state index contributed by atoms with van der Waals surface area (Å²) in [6.45, 7) is 6.13. The van der Waals surface area contributed by atoms with E-state index in [4.69, 9.17) is 26.4 Å². The van der Waals surface area contributed by atoms with Gasteiger partial charge in [0.15, 0.2) is 10.8 Å². The Labute approximate surface area is 186 Å². The van der Waals surface area contributed by atoms with Crippen LogP contribution in [0.3, 0.4) is 0 Å². The van der Waals surface area contributed by atoms with Crippen molar-refractivity contribution in [2.75, 3.05) is 52.0 Å². The molecule has 0 aliphatic rings. The maximum atomic E-state index is 5.57. The number of aromatic nitrogens is 5. The zero-order valence-electron chi connectivity index (χ0n) is 17.7. The molecule has 0 aliphatic carbocycles. The van der Waals surface area contributed by atoms with E-state index in [1.165, 1.54) is 0 Å². The van der Waals surface area contributed by atoms with Gasteiger partial charge < -0.3 is 24.8 Å². The van der Waals surface area contributed by atoms with Gasteiger partial charge in [0.1, 0.15) is 11.3 Å². The Bertz CT molecular complexity index is 982. The number of pyridine rings is 1. The fourth-order valence-electron chi connectivity index (χ4n) is 2.67. The molecule has 10 nitrogen and oxygen atoms in total. The Hall–Kier alpha value is -2.73. The van der Waals surface area contributed by atoms with E-state index >= 15 is 0 Å². The van der Waals surface area contributed by atoms with Crippen molar-refractivity contribution in [1.29, 1.82) is 0 Å². The lowest BCUT2D eigenvalue weighted by molar-refractivity contribution is 0.0225. The number of rotatable bonds is 12. The van der Waals surface area contributed by atoms with Gasteiger partial charge >= 0.3 is 0 Å². The first-order valence-corrected chi connectivity index (χ1v) is 10.5. The molecule has 0 fully saturated rings. The molecule has 3 heterocycles. The molecule has 11 heteroatoms. The molecule has 0 amide bonds. The number of fused-ring (bicyclic) bond motifs is 1. The second-order valence-electron chi connectivity index (χ2n) is 6.49.